The molecule has 5 heterocycles. The maximum Gasteiger partial charge on any atom is 0.416 e. The molecule has 0 N–H and O–H groups in total. The monoisotopic (exact) mass is 570 g/mol. The number of aromatic nitrogens is 4. The number of alkyl halides is 3. The van der Waals surface area contributed by atoms with Crippen molar-refractivity contribution in [3.05, 3.63) is 64.2 Å². The van der Waals surface area contributed by atoms with Crippen LogP contribution in [-0.4, -0.2) is 63.5 Å². The lowest BCUT2D eigenvalue weighted by molar-refractivity contribution is -0.138. The van der Waals surface area contributed by atoms with E-state index < -0.39 is 23.1 Å². The fourth-order valence-corrected chi connectivity index (χ4v) is 6.02. The molecule has 3 aromatic rings. The van der Waals surface area contributed by atoms with Gasteiger partial charge >= 0.3 is 6.18 Å². The topological polar surface area (TPSA) is 85.6 Å². The van der Waals surface area contributed by atoms with Gasteiger partial charge in [-0.05, 0) is 67.7 Å². The molecule has 3 aliphatic heterocycles. The van der Waals surface area contributed by atoms with Gasteiger partial charge in [-0.2, -0.15) is 18.2 Å². The number of nitrogens with zero attached hydrogens (tertiary/aromatic N) is 6. The van der Waals surface area contributed by atoms with E-state index in [0.717, 1.165) is 43.7 Å². The van der Waals surface area contributed by atoms with Crippen molar-refractivity contribution in [3.8, 4) is 5.88 Å². The average molecular weight is 571 g/mol. The highest BCUT2D eigenvalue weighted by Crippen LogP contribution is 2.42. The summed E-state index contributed by atoms with van der Waals surface area (Å²) in [5, 5.41) is 8.20. The van der Waals surface area contributed by atoms with Crippen LogP contribution < -0.4 is 9.64 Å². The van der Waals surface area contributed by atoms with E-state index in [1.54, 1.807) is 18.5 Å². The second kappa shape index (κ2) is 10.7. The summed E-state index contributed by atoms with van der Waals surface area (Å²) >= 11 is 0. The van der Waals surface area contributed by atoms with Crippen molar-refractivity contribution in [2.75, 3.05) is 37.8 Å². The number of ether oxygens (including phenoxy) is 2. The highest BCUT2D eigenvalue weighted by Gasteiger charge is 2.44. The number of carbonyl (C=O) groups excluding carboxylic acids is 1. The SMILES string of the molecule is CCOc1cc(C2(Cc3nncn3C)COC2)cc(N2Cc3c(cc(CN4CCCCC4)cc3C(F)(F)F)C2=O)n1. The normalized spacial score (nSPS) is 18.9. The Labute approximate surface area is 236 Å². The van der Waals surface area contributed by atoms with Gasteiger partial charge in [0.15, 0.2) is 0 Å². The maximum absolute atomic E-state index is 14.3. The van der Waals surface area contributed by atoms with Crippen molar-refractivity contribution >= 4 is 11.7 Å². The first-order valence-corrected chi connectivity index (χ1v) is 14.0. The van der Waals surface area contributed by atoms with Crippen molar-refractivity contribution in [1.82, 2.24) is 24.6 Å². The molecule has 2 saturated heterocycles. The molecular weight excluding hydrogens is 537 g/mol. The maximum atomic E-state index is 14.3. The van der Waals surface area contributed by atoms with Gasteiger partial charge in [-0.3, -0.25) is 14.6 Å². The number of hydrogen-bond acceptors (Lipinski definition) is 7. The second-order valence-electron chi connectivity index (χ2n) is 11.2. The van der Waals surface area contributed by atoms with Crippen molar-refractivity contribution in [1.29, 1.82) is 0 Å². The minimum Gasteiger partial charge on any atom is -0.478 e. The van der Waals surface area contributed by atoms with Crippen LogP contribution in [0.4, 0.5) is 19.0 Å². The van der Waals surface area contributed by atoms with Gasteiger partial charge in [0.25, 0.3) is 5.91 Å². The van der Waals surface area contributed by atoms with Crippen molar-refractivity contribution < 1.29 is 27.4 Å². The van der Waals surface area contributed by atoms with E-state index in [1.165, 1.54) is 11.0 Å². The molecule has 0 spiro atoms. The number of hydrogen-bond donors (Lipinski definition) is 0. The molecule has 2 aromatic heterocycles. The van der Waals surface area contributed by atoms with Gasteiger partial charge in [0.1, 0.15) is 18.0 Å². The Morgan fingerprint density at radius 3 is 2.51 bits per heavy atom. The predicted molar refractivity (Wildman–Crippen MR) is 144 cm³/mol. The summed E-state index contributed by atoms with van der Waals surface area (Å²) in [4.78, 5) is 21.8. The molecule has 6 rings (SSSR count). The van der Waals surface area contributed by atoms with Crippen LogP contribution in [0.1, 0.15) is 64.6 Å². The summed E-state index contributed by atoms with van der Waals surface area (Å²) < 4.78 is 56.1. The fourth-order valence-electron chi connectivity index (χ4n) is 6.02. The minimum atomic E-state index is -4.59. The van der Waals surface area contributed by atoms with E-state index in [4.69, 9.17) is 9.47 Å². The average Bonchev–Trinajstić information content (AvgIpc) is 3.48. The van der Waals surface area contributed by atoms with Crippen LogP contribution in [0.2, 0.25) is 0 Å². The lowest BCUT2D eigenvalue weighted by Gasteiger charge is -2.42. The van der Waals surface area contributed by atoms with E-state index in [2.05, 4.69) is 20.1 Å². The highest BCUT2D eigenvalue weighted by molar-refractivity contribution is 6.10. The van der Waals surface area contributed by atoms with Crippen LogP contribution in [0.15, 0.2) is 30.6 Å². The Bertz CT molecular complexity index is 1450. The van der Waals surface area contributed by atoms with Gasteiger partial charge in [0.05, 0.1) is 31.9 Å². The number of likely N-dealkylation sites (tertiary alicyclic amines) is 1. The third-order valence-electron chi connectivity index (χ3n) is 8.29. The Morgan fingerprint density at radius 2 is 1.88 bits per heavy atom. The van der Waals surface area contributed by atoms with Crippen LogP contribution in [0, 0.1) is 0 Å². The van der Waals surface area contributed by atoms with Crippen molar-refractivity contribution in [2.45, 2.75) is 57.3 Å². The van der Waals surface area contributed by atoms with Gasteiger partial charge < -0.3 is 14.0 Å². The molecule has 1 amide bonds. The molecule has 218 valence electrons. The van der Waals surface area contributed by atoms with Gasteiger partial charge in [-0.25, -0.2) is 0 Å². The van der Waals surface area contributed by atoms with Crippen molar-refractivity contribution in [3.63, 3.8) is 0 Å². The molecule has 0 atom stereocenters. The van der Waals surface area contributed by atoms with E-state index >= 15 is 0 Å². The van der Waals surface area contributed by atoms with E-state index in [1.807, 2.05) is 24.6 Å². The van der Waals surface area contributed by atoms with Crippen LogP contribution in [-0.2, 0) is 42.9 Å². The van der Waals surface area contributed by atoms with Crippen LogP contribution >= 0.6 is 0 Å². The molecule has 0 saturated carbocycles. The second-order valence-corrected chi connectivity index (χ2v) is 11.2. The lowest BCUT2D eigenvalue weighted by Crippen LogP contribution is -2.49. The number of carbonyl (C=O) groups is 1. The number of piperidine rings is 1. The highest BCUT2D eigenvalue weighted by atomic mass is 19.4. The van der Waals surface area contributed by atoms with E-state index in [9.17, 15) is 18.0 Å². The quantitative estimate of drug-likeness (QED) is 0.400. The molecule has 41 heavy (non-hydrogen) atoms. The lowest BCUT2D eigenvalue weighted by atomic mass is 9.75. The largest absolute Gasteiger partial charge is 0.478 e. The molecule has 9 nitrogen and oxygen atoms in total. The van der Waals surface area contributed by atoms with Crippen molar-refractivity contribution in [2.24, 2.45) is 7.05 Å². The number of fused-ring (bicyclic) bond motifs is 1. The van der Waals surface area contributed by atoms with Crippen LogP contribution in [0.5, 0.6) is 5.88 Å². The first-order valence-electron chi connectivity index (χ1n) is 14.0. The number of aryl methyl sites for hydroxylation is 1. The summed E-state index contributed by atoms with van der Waals surface area (Å²) in [6, 6.07) is 6.43. The third kappa shape index (κ3) is 5.30. The number of anilines is 1. The zero-order valence-electron chi connectivity index (χ0n) is 23.2. The van der Waals surface area contributed by atoms with Crippen LogP contribution in [0.3, 0.4) is 0 Å². The van der Waals surface area contributed by atoms with Gasteiger partial charge in [-0.15, -0.1) is 10.2 Å². The van der Waals surface area contributed by atoms with Crippen LogP contribution in [0.25, 0.3) is 0 Å². The zero-order valence-corrected chi connectivity index (χ0v) is 23.2. The summed E-state index contributed by atoms with van der Waals surface area (Å²) in [6.45, 7) is 4.85. The predicted octanol–water partition coefficient (Wildman–Crippen LogP) is 4.28. The summed E-state index contributed by atoms with van der Waals surface area (Å²) in [5.41, 5.74) is 0.169. The summed E-state index contributed by atoms with van der Waals surface area (Å²) in [7, 11) is 1.87. The first kappa shape index (κ1) is 27.6. The number of pyridine rings is 1. The first-order chi connectivity index (χ1) is 19.7. The fraction of sp³-hybridized carbons (Fsp3) is 0.517. The Kier molecular flexibility index (Phi) is 7.23. The standard InChI is InChI=1S/C29H33F3N6O3/c1-3-41-26-12-20(28(16-40-17-28)13-25-35-33-18-36(25)2)11-24(34-26)38-15-22-21(27(38)39)9-19(10-23(22)29(30,31)32)14-37-7-5-4-6-8-37/h9-12,18H,3-8,13-17H2,1-2H3. The molecule has 2 fully saturated rings. The Balaban J connectivity index is 1.37. The number of rotatable bonds is 8. The summed E-state index contributed by atoms with van der Waals surface area (Å²) in [6.07, 6.45) is 0.750. The molecule has 0 radical (unpaired) electrons. The molecule has 12 heteroatoms. The van der Waals surface area contributed by atoms with Gasteiger partial charge in [0.2, 0.25) is 5.88 Å². The summed E-state index contributed by atoms with van der Waals surface area (Å²) in [5.74, 6) is 0.826. The van der Waals surface area contributed by atoms with E-state index in [0.29, 0.717) is 44.2 Å². The molecule has 3 aliphatic rings. The molecule has 0 unspecified atom stereocenters. The molecule has 1 aromatic carbocycles. The smallest absolute Gasteiger partial charge is 0.416 e. The number of amides is 1. The third-order valence-corrected chi connectivity index (χ3v) is 8.29. The molecule has 0 aliphatic carbocycles. The van der Waals surface area contributed by atoms with Gasteiger partial charge in [-0.1, -0.05) is 6.42 Å². The van der Waals surface area contributed by atoms with Gasteiger partial charge in [0, 0.05) is 37.1 Å². The number of halogens is 3. The Hall–Kier alpha value is -3.51. The number of benzene rings is 1. The molecule has 0 bridgehead atoms. The zero-order chi connectivity index (χ0) is 28.8. The Morgan fingerprint density at radius 1 is 1.10 bits per heavy atom. The van der Waals surface area contributed by atoms with E-state index in [-0.39, 0.29) is 23.5 Å². The minimum absolute atomic E-state index is 0.0177. The molecular formula is C29H33F3N6O3.